The number of piperazine rings is 1. The van der Waals surface area contributed by atoms with Crippen molar-refractivity contribution >= 4 is 28.3 Å². The van der Waals surface area contributed by atoms with E-state index in [0.717, 1.165) is 0 Å². The molecule has 1 aliphatic carbocycles. The van der Waals surface area contributed by atoms with Gasteiger partial charge in [-0.1, -0.05) is 6.92 Å². The Kier molecular flexibility index (Phi) is 9.92. The van der Waals surface area contributed by atoms with Crippen molar-refractivity contribution in [2.75, 3.05) is 38.5 Å². The highest BCUT2D eigenvalue weighted by Crippen LogP contribution is 2.42. The predicted octanol–water partition coefficient (Wildman–Crippen LogP) is 4.44. The largest absolute Gasteiger partial charge is 0.419 e. The summed E-state index contributed by atoms with van der Waals surface area (Å²) in [5, 5.41) is 2.25. The summed E-state index contributed by atoms with van der Waals surface area (Å²) in [6.45, 7) is 1.94. The molecule has 0 radical (unpaired) electrons. The van der Waals surface area contributed by atoms with Crippen molar-refractivity contribution in [1.82, 2.24) is 14.5 Å². The number of carbonyl (C=O) groups is 1. The third-order valence-electron chi connectivity index (χ3n) is 6.88. The van der Waals surface area contributed by atoms with Crippen molar-refractivity contribution in [1.29, 1.82) is 0 Å². The fraction of sp³-hybridized carbons (Fsp3) is 0.682. The van der Waals surface area contributed by atoms with Crippen molar-refractivity contribution in [3.8, 4) is 0 Å². The van der Waals surface area contributed by atoms with Gasteiger partial charge in [0, 0.05) is 51.1 Å². The van der Waals surface area contributed by atoms with E-state index in [2.05, 4.69) is 5.32 Å². The lowest BCUT2D eigenvalue weighted by atomic mass is 9.78. The smallest absolute Gasteiger partial charge is 0.350 e. The molecule has 15 heteroatoms. The van der Waals surface area contributed by atoms with Crippen LogP contribution in [0.15, 0.2) is 12.1 Å². The van der Waals surface area contributed by atoms with Crippen LogP contribution >= 0.6 is 12.4 Å². The van der Waals surface area contributed by atoms with Crippen LogP contribution < -0.4 is 5.32 Å². The molecule has 37 heavy (non-hydrogen) atoms. The first kappa shape index (κ1) is 31.6. The quantitative estimate of drug-likeness (QED) is 0.482. The summed E-state index contributed by atoms with van der Waals surface area (Å²) >= 11 is 0. The molecule has 1 saturated carbocycles. The Bertz CT molecular complexity index is 1070. The number of benzene rings is 1. The fourth-order valence-corrected chi connectivity index (χ4v) is 6.32. The number of hydrogen-bond donors (Lipinski definition) is 1. The van der Waals surface area contributed by atoms with E-state index in [-0.39, 0.29) is 69.8 Å². The molecule has 0 aromatic heterocycles. The van der Waals surface area contributed by atoms with E-state index in [1.807, 2.05) is 0 Å². The molecule has 1 aromatic carbocycles. The Morgan fingerprint density at radius 2 is 1.59 bits per heavy atom. The summed E-state index contributed by atoms with van der Waals surface area (Å²) in [5.41, 5.74) is -4.28. The number of nitrogens with zero attached hydrogens (tertiary/aromatic N) is 2. The van der Waals surface area contributed by atoms with E-state index in [9.17, 15) is 43.9 Å². The van der Waals surface area contributed by atoms with Gasteiger partial charge in [0.25, 0.3) is 5.91 Å². The molecule has 1 saturated heterocycles. The van der Waals surface area contributed by atoms with Crippen LogP contribution in [0.1, 0.15) is 54.9 Å². The fourth-order valence-electron chi connectivity index (χ4n) is 4.83. The zero-order valence-corrected chi connectivity index (χ0v) is 21.6. The van der Waals surface area contributed by atoms with Crippen molar-refractivity contribution in [3.63, 3.8) is 0 Å². The monoisotopic (exact) mass is 583 g/mol. The molecule has 2 aliphatic rings. The summed E-state index contributed by atoms with van der Waals surface area (Å²) in [4.78, 5) is 14.4. The third kappa shape index (κ3) is 7.07. The Balaban J connectivity index is 0.00000481. The average Bonchev–Trinajstić information content (AvgIpc) is 2.78. The van der Waals surface area contributed by atoms with Crippen LogP contribution in [0.3, 0.4) is 0 Å². The van der Waals surface area contributed by atoms with E-state index in [1.54, 1.807) is 11.8 Å². The zero-order valence-electron chi connectivity index (χ0n) is 20.0. The first-order chi connectivity index (χ1) is 16.6. The average molecular weight is 584 g/mol. The standard InChI is InChI=1S/C22H28F7N3O3S.ClH/c1-2-13-36(34,35)32-11-9-31(10-12-32)20(5-7-21(25,26)8-6-20)14-30-19(33)17-16(23)4-3-15(18(17)24)22(27,28)29;/h3-4H,2,5-14H2,1H3,(H,30,33);1H. The second kappa shape index (κ2) is 11.6. The number of halogens is 8. The molecule has 1 amide bonds. The number of amides is 1. The van der Waals surface area contributed by atoms with Gasteiger partial charge in [-0.3, -0.25) is 9.69 Å². The molecule has 1 N–H and O–H groups in total. The van der Waals surface area contributed by atoms with E-state index in [4.69, 9.17) is 0 Å². The van der Waals surface area contributed by atoms with Gasteiger partial charge < -0.3 is 5.32 Å². The van der Waals surface area contributed by atoms with E-state index < -0.39 is 69.2 Å². The van der Waals surface area contributed by atoms with Gasteiger partial charge in [-0.05, 0) is 31.4 Å². The van der Waals surface area contributed by atoms with E-state index in [0.29, 0.717) is 12.5 Å². The first-order valence-electron chi connectivity index (χ1n) is 11.6. The highest BCUT2D eigenvalue weighted by molar-refractivity contribution is 7.89. The Morgan fingerprint density at radius 1 is 1.03 bits per heavy atom. The lowest BCUT2D eigenvalue weighted by molar-refractivity contribution is -0.140. The number of hydrogen-bond acceptors (Lipinski definition) is 4. The van der Waals surface area contributed by atoms with Gasteiger partial charge in [0.05, 0.1) is 11.3 Å². The number of alkyl halides is 5. The SMILES string of the molecule is CCCS(=O)(=O)N1CCN(C2(CNC(=O)c3c(F)ccc(C(F)(F)F)c3F)CCC(F)(F)CC2)CC1.Cl. The Labute approximate surface area is 217 Å². The summed E-state index contributed by atoms with van der Waals surface area (Å²) in [6.07, 6.45) is -5.98. The van der Waals surface area contributed by atoms with Crippen LogP contribution in [0.5, 0.6) is 0 Å². The molecule has 0 atom stereocenters. The number of nitrogens with one attached hydrogen (secondary N) is 1. The Hall–Kier alpha value is -1.64. The number of sulfonamides is 1. The highest BCUT2D eigenvalue weighted by atomic mass is 35.5. The first-order valence-corrected chi connectivity index (χ1v) is 13.2. The van der Waals surface area contributed by atoms with Gasteiger partial charge in [0.15, 0.2) is 5.82 Å². The molecular formula is C22H29ClF7N3O3S. The molecular weight excluding hydrogens is 555 g/mol. The minimum atomic E-state index is -5.15. The van der Waals surface area contributed by atoms with Gasteiger partial charge in [0.1, 0.15) is 11.4 Å². The summed E-state index contributed by atoms with van der Waals surface area (Å²) in [7, 11) is -3.47. The zero-order chi connectivity index (χ0) is 26.9. The van der Waals surface area contributed by atoms with Crippen LogP contribution in [0.25, 0.3) is 0 Å². The highest BCUT2D eigenvalue weighted by Gasteiger charge is 2.48. The molecule has 3 rings (SSSR count). The molecule has 212 valence electrons. The maximum Gasteiger partial charge on any atom is 0.419 e. The number of carbonyl (C=O) groups excluding carboxylic acids is 1. The van der Waals surface area contributed by atoms with Crippen LogP contribution in [-0.4, -0.2) is 73.5 Å². The van der Waals surface area contributed by atoms with Gasteiger partial charge in [-0.15, -0.1) is 12.4 Å². The van der Waals surface area contributed by atoms with Gasteiger partial charge in [0.2, 0.25) is 15.9 Å². The van der Waals surface area contributed by atoms with Crippen molar-refractivity contribution in [2.24, 2.45) is 0 Å². The van der Waals surface area contributed by atoms with E-state index in [1.165, 1.54) is 4.31 Å². The second-order valence-corrected chi connectivity index (χ2v) is 11.3. The molecule has 0 bridgehead atoms. The van der Waals surface area contributed by atoms with Gasteiger partial charge >= 0.3 is 6.18 Å². The number of rotatable bonds is 7. The molecule has 6 nitrogen and oxygen atoms in total. The van der Waals surface area contributed by atoms with Crippen molar-refractivity contribution < 1.29 is 43.9 Å². The maximum absolute atomic E-state index is 14.4. The maximum atomic E-state index is 14.4. The topological polar surface area (TPSA) is 69.7 Å². The molecule has 1 heterocycles. The third-order valence-corrected chi connectivity index (χ3v) is 8.95. The van der Waals surface area contributed by atoms with Crippen molar-refractivity contribution in [3.05, 3.63) is 34.9 Å². The van der Waals surface area contributed by atoms with Crippen molar-refractivity contribution in [2.45, 2.75) is 56.7 Å². The van der Waals surface area contributed by atoms with Gasteiger partial charge in [-0.2, -0.15) is 17.5 Å². The van der Waals surface area contributed by atoms with Gasteiger partial charge in [-0.25, -0.2) is 26.0 Å². The lowest BCUT2D eigenvalue weighted by Gasteiger charge is -2.50. The van der Waals surface area contributed by atoms with E-state index >= 15 is 0 Å². The summed E-state index contributed by atoms with van der Waals surface area (Å²) < 4.78 is 122. The van der Waals surface area contributed by atoms with Crippen LogP contribution in [0.2, 0.25) is 0 Å². The normalized spacial score (nSPS) is 20.8. The molecule has 1 aliphatic heterocycles. The predicted molar refractivity (Wildman–Crippen MR) is 124 cm³/mol. The molecule has 0 spiro atoms. The van der Waals surface area contributed by atoms with Crippen LogP contribution in [0.4, 0.5) is 30.7 Å². The molecule has 2 fully saturated rings. The van der Waals surface area contributed by atoms with Crippen LogP contribution in [-0.2, 0) is 16.2 Å². The minimum Gasteiger partial charge on any atom is -0.350 e. The van der Waals surface area contributed by atoms with Crippen LogP contribution in [0, 0.1) is 11.6 Å². The summed E-state index contributed by atoms with van der Waals surface area (Å²) in [5.74, 6) is -7.96. The summed E-state index contributed by atoms with van der Waals surface area (Å²) in [6, 6.07) is 0.534. The minimum absolute atomic E-state index is 0. The lowest BCUT2D eigenvalue weighted by Crippen LogP contribution is -2.63. The molecule has 0 unspecified atom stereocenters. The molecule has 1 aromatic rings. The second-order valence-electron chi connectivity index (χ2n) is 9.25. The Morgan fingerprint density at radius 3 is 2.11 bits per heavy atom.